The van der Waals surface area contributed by atoms with Crippen LogP contribution in [0.4, 0.5) is 0 Å². The maximum atomic E-state index is 6.11. The molecule has 0 aliphatic heterocycles. The summed E-state index contributed by atoms with van der Waals surface area (Å²) in [6.07, 6.45) is 5.01. The summed E-state index contributed by atoms with van der Waals surface area (Å²) in [5.41, 5.74) is 8.37. The van der Waals surface area contributed by atoms with Gasteiger partial charge in [0.2, 0.25) is 0 Å². The Hall–Kier alpha value is -0.790. The Balaban J connectivity index is 2.68. The van der Waals surface area contributed by atoms with E-state index >= 15 is 0 Å². The summed E-state index contributed by atoms with van der Waals surface area (Å²) >= 11 is 6.05. The Bertz CT molecular complexity index is 333. The fraction of sp³-hybridized carbons (Fsp3) is 0.385. The van der Waals surface area contributed by atoms with Gasteiger partial charge in [-0.1, -0.05) is 29.8 Å². The molecule has 0 spiro atoms. The molecule has 0 heterocycles. The number of benzene rings is 1. The first-order chi connectivity index (χ1) is 7.16. The van der Waals surface area contributed by atoms with Crippen LogP contribution in [0.15, 0.2) is 30.9 Å². The monoisotopic (exact) mass is 223 g/mol. The molecule has 1 nitrogen and oxygen atoms in total. The van der Waals surface area contributed by atoms with Crippen molar-refractivity contribution >= 4 is 11.6 Å². The van der Waals surface area contributed by atoms with Gasteiger partial charge in [0.25, 0.3) is 0 Å². The van der Waals surface area contributed by atoms with Crippen molar-refractivity contribution < 1.29 is 0 Å². The summed E-state index contributed by atoms with van der Waals surface area (Å²) in [6.45, 7) is 5.72. The highest BCUT2D eigenvalue weighted by atomic mass is 35.5. The Labute approximate surface area is 96.9 Å². The molecular weight excluding hydrogens is 206 g/mol. The van der Waals surface area contributed by atoms with Crippen LogP contribution in [-0.4, -0.2) is 0 Å². The van der Waals surface area contributed by atoms with E-state index in [1.165, 1.54) is 0 Å². The van der Waals surface area contributed by atoms with Crippen LogP contribution in [0.2, 0.25) is 5.02 Å². The topological polar surface area (TPSA) is 26.0 Å². The highest BCUT2D eigenvalue weighted by Gasteiger charge is 2.09. The van der Waals surface area contributed by atoms with Gasteiger partial charge in [-0.2, -0.15) is 0 Å². The fourth-order valence-electron chi connectivity index (χ4n) is 1.66. The van der Waals surface area contributed by atoms with E-state index in [1.807, 2.05) is 25.1 Å². The second kappa shape index (κ2) is 5.94. The normalized spacial score (nSPS) is 12.5. The first-order valence-electron chi connectivity index (χ1n) is 5.28. The molecule has 0 aliphatic rings. The van der Waals surface area contributed by atoms with Crippen molar-refractivity contribution in [3.05, 3.63) is 47.0 Å². The van der Waals surface area contributed by atoms with Crippen LogP contribution in [-0.2, 0) is 0 Å². The van der Waals surface area contributed by atoms with Crippen LogP contribution in [0.1, 0.15) is 36.4 Å². The minimum absolute atomic E-state index is 0.0867. The highest BCUT2D eigenvalue weighted by Crippen LogP contribution is 2.25. The zero-order chi connectivity index (χ0) is 11.3. The van der Waals surface area contributed by atoms with Gasteiger partial charge in [-0.15, -0.1) is 6.58 Å². The van der Waals surface area contributed by atoms with E-state index in [9.17, 15) is 0 Å². The molecule has 2 heteroatoms. The van der Waals surface area contributed by atoms with E-state index in [1.54, 1.807) is 0 Å². The largest absolute Gasteiger partial charge is 0.324 e. The van der Waals surface area contributed by atoms with E-state index in [-0.39, 0.29) is 6.04 Å². The Morgan fingerprint density at radius 1 is 1.53 bits per heavy atom. The van der Waals surface area contributed by atoms with E-state index in [2.05, 4.69) is 12.6 Å². The molecule has 1 unspecified atom stereocenters. The summed E-state index contributed by atoms with van der Waals surface area (Å²) < 4.78 is 0. The molecule has 0 amide bonds. The molecule has 2 N–H and O–H groups in total. The second-order valence-corrected chi connectivity index (χ2v) is 4.19. The average molecular weight is 224 g/mol. The second-order valence-electron chi connectivity index (χ2n) is 3.78. The number of nitrogens with two attached hydrogens (primary N) is 1. The van der Waals surface area contributed by atoms with E-state index in [0.29, 0.717) is 0 Å². The summed E-state index contributed by atoms with van der Waals surface area (Å²) in [7, 11) is 0. The predicted octanol–water partition coefficient (Wildman–Crippen LogP) is 4.00. The Morgan fingerprint density at radius 2 is 2.27 bits per heavy atom. The van der Waals surface area contributed by atoms with Gasteiger partial charge in [0, 0.05) is 11.1 Å². The van der Waals surface area contributed by atoms with Crippen LogP contribution in [0.25, 0.3) is 0 Å². The molecule has 0 aromatic heterocycles. The third-order valence-corrected chi connectivity index (χ3v) is 3.04. The molecule has 82 valence electrons. The minimum atomic E-state index is 0.0867. The highest BCUT2D eigenvalue weighted by molar-refractivity contribution is 6.31. The van der Waals surface area contributed by atoms with Gasteiger partial charge in [0.05, 0.1) is 0 Å². The van der Waals surface area contributed by atoms with E-state index in [4.69, 9.17) is 17.3 Å². The minimum Gasteiger partial charge on any atom is -0.324 e. The molecular formula is C13H18ClN. The summed E-state index contributed by atoms with van der Waals surface area (Å²) in [6, 6.07) is 6.00. The first-order valence-corrected chi connectivity index (χ1v) is 5.66. The summed E-state index contributed by atoms with van der Waals surface area (Å²) in [5.74, 6) is 0. The number of allylic oxidation sites excluding steroid dienone is 1. The predicted molar refractivity (Wildman–Crippen MR) is 67.2 cm³/mol. The SMILES string of the molecule is C=CCCCC(N)c1cccc(Cl)c1C. The lowest BCUT2D eigenvalue weighted by Crippen LogP contribution is -2.11. The van der Waals surface area contributed by atoms with Crippen molar-refractivity contribution in [2.24, 2.45) is 5.73 Å². The molecule has 0 aliphatic carbocycles. The Morgan fingerprint density at radius 3 is 2.93 bits per heavy atom. The standard InChI is InChI=1S/C13H18ClN/c1-3-4-5-9-13(15)11-7-6-8-12(14)10(11)2/h3,6-8,13H,1,4-5,9,15H2,2H3. The van der Waals surface area contributed by atoms with Crippen LogP contribution < -0.4 is 5.73 Å². The van der Waals surface area contributed by atoms with Gasteiger partial charge in [0.15, 0.2) is 0 Å². The third kappa shape index (κ3) is 3.37. The average Bonchev–Trinajstić information content (AvgIpc) is 2.22. The maximum Gasteiger partial charge on any atom is 0.0438 e. The maximum absolute atomic E-state index is 6.11. The van der Waals surface area contributed by atoms with Gasteiger partial charge in [0.1, 0.15) is 0 Å². The lowest BCUT2D eigenvalue weighted by molar-refractivity contribution is 0.614. The molecule has 0 fully saturated rings. The number of hydrogen-bond donors (Lipinski definition) is 1. The van der Waals surface area contributed by atoms with Crippen LogP contribution in [0.3, 0.4) is 0 Å². The Kier molecular flexibility index (Phi) is 4.86. The van der Waals surface area contributed by atoms with Crippen molar-refractivity contribution in [1.82, 2.24) is 0 Å². The molecule has 0 bridgehead atoms. The van der Waals surface area contributed by atoms with E-state index < -0.39 is 0 Å². The zero-order valence-electron chi connectivity index (χ0n) is 9.17. The van der Waals surface area contributed by atoms with Crippen LogP contribution >= 0.6 is 11.6 Å². The number of hydrogen-bond acceptors (Lipinski definition) is 1. The first kappa shape index (κ1) is 12.3. The molecule has 1 rings (SSSR count). The summed E-state index contributed by atoms with van der Waals surface area (Å²) in [4.78, 5) is 0. The van der Waals surface area contributed by atoms with Crippen molar-refractivity contribution in [2.45, 2.75) is 32.2 Å². The van der Waals surface area contributed by atoms with Crippen LogP contribution in [0.5, 0.6) is 0 Å². The van der Waals surface area contributed by atoms with Gasteiger partial charge in [-0.25, -0.2) is 0 Å². The van der Waals surface area contributed by atoms with Gasteiger partial charge >= 0.3 is 0 Å². The summed E-state index contributed by atoms with van der Waals surface area (Å²) in [5, 5.41) is 0.798. The van der Waals surface area contributed by atoms with Gasteiger partial charge in [-0.05, 0) is 43.4 Å². The third-order valence-electron chi connectivity index (χ3n) is 2.63. The molecule has 1 atom stereocenters. The van der Waals surface area contributed by atoms with Crippen molar-refractivity contribution in [3.8, 4) is 0 Å². The molecule has 1 aromatic rings. The zero-order valence-corrected chi connectivity index (χ0v) is 9.93. The fourth-order valence-corrected chi connectivity index (χ4v) is 1.85. The van der Waals surface area contributed by atoms with Crippen LogP contribution in [0, 0.1) is 6.92 Å². The molecule has 15 heavy (non-hydrogen) atoms. The van der Waals surface area contributed by atoms with Crippen molar-refractivity contribution in [1.29, 1.82) is 0 Å². The number of rotatable bonds is 5. The van der Waals surface area contributed by atoms with Crippen molar-refractivity contribution in [3.63, 3.8) is 0 Å². The molecule has 0 saturated carbocycles. The molecule has 1 aromatic carbocycles. The number of halogens is 1. The lowest BCUT2D eigenvalue weighted by atomic mass is 9.98. The quantitative estimate of drug-likeness (QED) is 0.593. The van der Waals surface area contributed by atoms with Crippen molar-refractivity contribution in [2.75, 3.05) is 0 Å². The lowest BCUT2D eigenvalue weighted by Gasteiger charge is -2.15. The number of unbranched alkanes of at least 4 members (excludes halogenated alkanes) is 1. The molecule has 0 radical (unpaired) electrons. The van der Waals surface area contributed by atoms with E-state index in [0.717, 1.165) is 35.4 Å². The van der Waals surface area contributed by atoms with Gasteiger partial charge in [-0.3, -0.25) is 0 Å². The van der Waals surface area contributed by atoms with Gasteiger partial charge < -0.3 is 5.73 Å². The smallest absolute Gasteiger partial charge is 0.0438 e. The molecule has 0 saturated heterocycles.